The molecule has 0 amide bonds. The maximum Gasteiger partial charge on any atom is 0.461 e. The van der Waals surface area contributed by atoms with Gasteiger partial charge in [0, 0.05) is 13.1 Å². The average molecular weight is 342 g/mol. The maximum absolute atomic E-state index is 6.82. The van der Waals surface area contributed by atoms with E-state index in [0.717, 1.165) is 0 Å². The summed E-state index contributed by atoms with van der Waals surface area (Å²) < 4.78 is 6.82. The molecule has 0 bridgehead atoms. The van der Waals surface area contributed by atoms with Crippen LogP contribution in [0.4, 0.5) is 0 Å². The predicted octanol–water partition coefficient (Wildman–Crippen LogP) is 6.33. The molecule has 0 heterocycles. The van der Waals surface area contributed by atoms with Gasteiger partial charge in [-0.2, -0.15) is 0 Å². The van der Waals surface area contributed by atoms with Gasteiger partial charge in [0.05, 0.1) is 6.23 Å². The standard InChI is InChI=1S/C12H26NO.2C4H9.Al/c1-6-7-12(14)13(8-10(2)3)9-11(4)5;2*1-3-4-2;/h10-12H,6-9H2,1-5H3;2*1,3-4H2,2H3;/q-1;;;+1. The molecule has 0 aromatic heterocycles. The highest BCUT2D eigenvalue weighted by Gasteiger charge is 2.27. The van der Waals surface area contributed by atoms with Crippen LogP contribution < -0.4 is 0 Å². The lowest BCUT2D eigenvalue weighted by atomic mass is 10.1. The van der Waals surface area contributed by atoms with E-state index in [4.69, 9.17) is 3.79 Å². The highest BCUT2D eigenvalue weighted by Crippen LogP contribution is 2.19. The molecule has 0 radical (unpaired) electrons. The molecule has 0 aromatic carbocycles. The summed E-state index contributed by atoms with van der Waals surface area (Å²) in [6, 6.07) is 0. The van der Waals surface area contributed by atoms with Gasteiger partial charge >= 0.3 is 14.5 Å². The van der Waals surface area contributed by atoms with Crippen LogP contribution in [0.15, 0.2) is 0 Å². The fourth-order valence-corrected chi connectivity index (χ4v) is 6.24. The number of rotatable bonds is 15. The highest BCUT2D eigenvalue weighted by molar-refractivity contribution is 6.51. The van der Waals surface area contributed by atoms with E-state index in [9.17, 15) is 0 Å². The molecule has 1 atom stereocenters. The van der Waals surface area contributed by atoms with Crippen molar-refractivity contribution in [1.29, 1.82) is 0 Å². The smallest absolute Gasteiger partial charge is 0.461 e. The highest BCUT2D eigenvalue weighted by atomic mass is 27.2. The Kier molecular flexibility index (Phi) is 15.1. The monoisotopic (exact) mass is 341 g/mol. The van der Waals surface area contributed by atoms with E-state index in [-0.39, 0.29) is 0 Å². The zero-order valence-corrected chi connectivity index (χ0v) is 18.4. The normalized spacial score (nSPS) is 13.3. The van der Waals surface area contributed by atoms with Crippen molar-refractivity contribution in [3.63, 3.8) is 0 Å². The van der Waals surface area contributed by atoms with Crippen molar-refractivity contribution in [1.82, 2.24) is 4.90 Å². The zero-order valence-electron chi connectivity index (χ0n) is 17.2. The summed E-state index contributed by atoms with van der Waals surface area (Å²) >= 11 is -1.05. The molecule has 0 saturated heterocycles. The van der Waals surface area contributed by atoms with Gasteiger partial charge in [-0.3, -0.25) is 4.90 Å². The van der Waals surface area contributed by atoms with E-state index in [1.165, 1.54) is 62.2 Å². The van der Waals surface area contributed by atoms with Crippen LogP contribution in [0.3, 0.4) is 0 Å². The Labute approximate surface area is 152 Å². The molecular weight excluding hydrogens is 297 g/mol. The average Bonchev–Trinajstić information content (AvgIpc) is 2.47. The third-order valence-corrected chi connectivity index (χ3v) is 7.05. The molecule has 0 saturated carbocycles. The summed E-state index contributed by atoms with van der Waals surface area (Å²) in [6.07, 6.45) is 8.11. The van der Waals surface area contributed by atoms with Gasteiger partial charge < -0.3 is 3.79 Å². The van der Waals surface area contributed by atoms with Crippen molar-refractivity contribution in [3.05, 3.63) is 0 Å². The zero-order chi connectivity index (χ0) is 17.7. The van der Waals surface area contributed by atoms with Crippen LogP contribution in [0, 0.1) is 11.8 Å². The van der Waals surface area contributed by atoms with E-state index >= 15 is 0 Å². The molecule has 0 aliphatic carbocycles. The molecule has 0 spiro atoms. The van der Waals surface area contributed by atoms with Crippen molar-refractivity contribution in [2.75, 3.05) is 13.1 Å². The first-order chi connectivity index (χ1) is 10.9. The van der Waals surface area contributed by atoms with Crippen molar-refractivity contribution in [2.45, 2.75) is 104 Å². The minimum Gasteiger partial charge on any atom is -0.487 e. The number of hydrogen-bond acceptors (Lipinski definition) is 2. The molecule has 138 valence electrons. The van der Waals surface area contributed by atoms with E-state index in [0.29, 0.717) is 18.1 Å². The third-order valence-electron chi connectivity index (χ3n) is 4.25. The fraction of sp³-hybridized carbons (Fsp3) is 1.00. The number of unbranched alkanes of at least 4 members (excludes halogenated alkanes) is 2. The van der Waals surface area contributed by atoms with Crippen LogP contribution in [0.25, 0.3) is 0 Å². The van der Waals surface area contributed by atoms with Gasteiger partial charge in [0.25, 0.3) is 0 Å². The molecule has 3 heteroatoms. The minimum atomic E-state index is -1.05. The fourth-order valence-electron chi connectivity index (χ4n) is 3.20. The minimum absolute atomic E-state index is 0.371. The summed E-state index contributed by atoms with van der Waals surface area (Å²) in [4.78, 5) is 2.65. The molecule has 1 unspecified atom stereocenters. The molecule has 0 aliphatic heterocycles. The number of nitrogens with zero attached hydrogens (tertiary/aromatic N) is 1. The van der Waals surface area contributed by atoms with Crippen LogP contribution in [-0.2, 0) is 3.79 Å². The molecule has 23 heavy (non-hydrogen) atoms. The van der Waals surface area contributed by atoms with Crippen LogP contribution in [0.2, 0.25) is 10.6 Å². The Morgan fingerprint density at radius 2 is 1.26 bits per heavy atom. The van der Waals surface area contributed by atoms with Gasteiger partial charge in [0.1, 0.15) is 0 Å². The van der Waals surface area contributed by atoms with Crippen LogP contribution in [0.1, 0.15) is 87.0 Å². The van der Waals surface area contributed by atoms with E-state index in [2.05, 4.69) is 53.4 Å². The first kappa shape index (κ1) is 23.5. The van der Waals surface area contributed by atoms with Crippen molar-refractivity contribution in [2.24, 2.45) is 11.8 Å². The topological polar surface area (TPSA) is 12.5 Å². The quantitative estimate of drug-likeness (QED) is 0.255. The lowest BCUT2D eigenvalue weighted by molar-refractivity contribution is -0.0000482. The molecular formula is C20H44AlNO. The van der Waals surface area contributed by atoms with Gasteiger partial charge in [-0.25, -0.2) is 0 Å². The molecule has 0 N–H and O–H groups in total. The summed E-state index contributed by atoms with van der Waals surface area (Å²) in [6.45, 7) is 18.6. The molecule has 2 nitrogen and oxygen atoms in total. The van der Waals surface area contributed by atoms with E-state index in [1.807, 2.05) is 0 Å². The van der Waals surface area contributed by atoms with Crippen molar-refractivity contribution < 1.29 is 3.79 Å². The summed E-state index contributed by atoms with van der Waals surface area (Å²) in [5, 5.41) is 2.74. The first-order valence-electron chi connectivity index (χ1n) is 10.3. The van der Waals surface area contributed by atoms with Gasteiger partial charge in [0.15, 0.2) is 0 Å². The molecule has 0 aromatic rings. The molecule has 0 rings (SSSR count). The first-order valence-corrected chi connectivity index (χ1v) is 12.4. The van der Waals surface area contributed by atoms with Gasteiger partial charge in [-0.15, -0.1) is 0 Å². The third kappa shape index (κ3) is 12.5. The second kappa shape index (κ2) is 14.8. The predicted molar refractivity (Wildman–Crippen MR) is 106 cm³/mol. The second-order valence-electron chi connectivity index (χ2n) is 8.03. The van der Waals surface area contributed by atoms with Gasteiger partial charge in [-0.05, 0) is 18.3 Å². The Balaban J connectivity index is 4.87. The SMILES string of the molecule is CCC[CH2][Al]([CH2]CCC)[O]C(CCC)N(CC(C)C)CC(C)C. The van der Waals surface area contributed by atoms with Gasteiger partial charge in [0.2, 0.25) is 0 Å². The Morgan fingerprint density at radius 1 is 0.783 bits per heavy atom. The summed E-state index contributed by atoms with van der Waals surface area (Å²) in [7, 11) is 0. The van der Waals surface area contributed by atoms with Crippen LogP contribution in [-0.4, -0.2) is 38.7 Å². The molecule has 0 aliphatic rings. The van der Waals surface area contributed by atoms with Crippen molar-refractivity contribution >= 4 is 14.5 Å². The largest absolute Gasteiger partial charge is 0.487 e. The Hall–Kier alpha value is 0.452. The van der Waals surface area contributed by atoms with Crippen LogP contribution in [0.5, 0.6) is 0 Å². The summed E-state index contributed by atoms with van der Waals surface area (Å²) in [5.41, 5.74) is 0. The van der Waals surface area contributed by atoms with E-state index < -0.39 is 14.5 Å². The van der Waals surface area contributed by atoms with Crippen molar-refractivity contribution in [3.8, 4) is 0 Å². The summed E-state index contributed by atoms with van der Waals surface area (Å²) in [5.74, 6) is 1.42. The maximum atomic E-state index is 6.82. The van der Waals surface area contributed by atoms with Gasteiger partial charge in [-0.1, -0.05) is 91.1 Å². The second-order valence-corrected chi connectivity index (χ2v) is 10.7. The lowest BCUT2D eigenvalue weighted by Crippen LogP contribution is -2.44. The number of hydrogen-bond donors (Lipinski definition) is 0. The lowest BCUT2D eigenvalue weighted by Gasteiger charge is -2.36. The Bertz CT molecular complexity index is 240. The van der Waals surface area contributed by atoms with Crippen LogP contribution >= 0.6 is 0 Å². The Morgan fingerprint density at radius 3 is 1.61 bits per heavy atom. The molecule has 0 fully saturated rings. The van der Waals surface area contributed by atoms with E-state index in [1.54, 1.807) is 0 Å².